The Balaban J connectivity index is 2.76. The van der Waals surface area contributed by atoms with E-state index in [9.17, 15) is 4.79 Å². The molecule has 5 heteroatoms. The summed E-state index contributed by atoms with van der Waals surface area (Å²) in [6.45, 7) is 8.68. The highest BCUT2D eigenvalue weighted by Crippen LogP contribution is 2.31. The van der Waals surface area contributed by atoms with E-state index < -0.39 is 0 Å². The quantitative estimate of drug-likeness (QED) is 0.771. The van der Waals surface area contributed by atoms with Crippen molar-refractivity contribution in [3.8, 4) is 11.5 Å². The van der Waals surface area contributed by atoms with Gasteiger partial charge in [-0.1, -0.05) is 19.1 Å². The summed E-state index contributed by atoms with van der Waals surface area (Å²) in [7, 11) is 0. The van der Waals surface area contributed by atoms with Gasteiger partial charge in [0.05, 0.1) is 6.61 Å². The second kappa shape index (κ2) is 7.88. The van der Waals surface area contributed by atoms with Crippen LogP contribution in [0.25, 0.3) is 0 Å². The third-order valence-electron chi connectivity index (χ3n) is 3.29. The van der Waals surface area contributed by atoms with E-state index in [0.717, 1.165) is 12.0 Å². The lowest BCUT2D eigenvalue weighted by Gasteiger charge is -2.24. The highest BCUT2D eigenvalue weighted by atomic mass is 16.5. The molecule has 0 aliphatic rings. The summed E-state index contributed by atoms with van der Waals surface area (Å²) >= 11 is 0. The number of benzene rings is 1. The Hall–Kier alpha value is -1.75. The Kier molecular flexibility index (Phi) is 6.49. The van der Waals surface area contributed by atoms with Crippen LogP contribution in [0.5, 0.6) is 11.5 Å². The van der Waals surface area contributed by atoms with Crippen LogP contribution in [0.3, 0.4) is 0 Å². The van der Waals surface area contributed by atoms with Gasteiger partial charge in [-0.3, -0.25) is 4.79 Å². The molecule has 21 heavy (non-hydrogen) atoms. The van der Waals surface area contributed by atoms with E-state index >= 15 is 0 Å². The molecule has 0 aromatic heterocycles. The first-order valence-corrected chi connectivity index (χ1v) is 7.32. The summed E-state index contributed by atoms with van der Waals surface area (Å²) in [5.74, 6) is 1.01. The van der Waals surface area contributed by atoms with Crippen LogP contribution in [0.1, 0.15) is 39.7 Å². The number of hydrogen-bond acceptors (Lipinski definition) is 4. The lowest BCUT2D eigenvalue weighted by molar-refractivity contribution is -0.124. The fourth-order valence-electron chi connectivity index (χ4n) is 1.79. The molecule has 0 fully saturated rings. The first-order chi connectivity index (χ1) is 9.93. The van der Waals surface area contributed by atoms with Gasteiger partial charge in [0.2, 0.25) is 0 Å². The predicted octanol–water partition coefficient (Wildman–Crippen LogP) is 2.23. The van der Waals surface area contributed by atoms with Crippen LogP contribution in [0.4, 0.5) is 0 Å². The molecule has 3 N–H and O–H groups in total. The summed E-state index contributed by atoms with van der Waals surface area (Å²) in [5, 5.41) is 2.93. The first-order valence-electron chi connectivity index (χ1n) is 7.32. The van der Waals surface area contributed by atoms with Crippen LogP contribution >= 0.6 is 0 Å². The molecule has 1 amide bonds. The van der Waals surface area contributed by atoms with Gasteiger partial charge in [-0.15, -0.1) is 0 Å². The lowest BCUT2D eigenvalue weighted by Crippen LogP contribution is -2.45. The van der Waals surface area contributed by atoms with Crippen molar-refractivity contribution in [1.82, 2.24) is 5.32 Å². The standard InChI is InChI=1S/C16H26N2O3/c1-5-16(3,4)18-14(19)11-21-15-12(10-17)8-7-9-13(15)20-6-2/h7-9H,5-6,10-11,17H2,1-4H3,(H,18,19). The number of carbonyl (C=O) groups excluding carboxylic acids is 1. The van der Waals surface area contributed by atoms with Crippen molar-refractivity contribution in [3.63, 3.8) is 0 Å². The van der Waals surface area contributed by atoms with Gasteiger partial charge in [-0.2, -0.15) is 0 Å². The number of hydrogen-bond donors (Lipinski definition) is 2. The number of rotatable bonds is 8. The fourth-order valence-corrected chi connectivity index (χ4v) is 1.79. The third kappa shape index (κ3) is 5.27. The second-order valence-corrected chi connectivity index (χ2v) is 5.46. The van der Waals surface area contributed by atoms with Crippen molar-refractivity contribution in [3.05, 3.63) is 23.8 Å². The molecule has 1 aromatic rings. The number of nitrogens with one attached hydrogen (secondary N) is 1. The minimum atomic E-state index is -0.240. The van der Waals surface area contributed by atoms with Crippen LogP contribution in [0, 0.1) is 0 Å². The van der Waals surface area contributed by atoms with E-state index in [0.29, 0.717) is 24.7 Å². The van der Waals surface area contributed by atoms with E-state index in [1.165, 1.54) is 0 Å². The Labute approximate surface area is 126 Å². The van der Waals surface area contributed by atoms with Crippen LogP contribution in [0.15, 0.2) is 18.2 Å². The molecule has 0 saturated heterocycles. The van der Waals surface area contributed by atoms with Crippen LogP contribution in [-0.2, 0) is 11.3 Å². The van der Waals surface area contributed by atoms with E-state index in [2.05, 4.69) is 5.32 Å². The van der Waals surface area contributed by atoms with Gasteiger partial charge in [0.15, 0.2) is 18.1 Å². The number of amides is 1. The van der Waals surface area contributed by atoms with Crippen molar-refractivity contribution in [2.24, 2.45) is 5.73 Å². The van der Waals surface area contributed by atoms with Crippen molar-refractivity contribution in [2.45, 2.75) is 46.2 Å². The highest BCUT2D eigenvalue weighted by Gasteiger charge is 2.19. The summed E-state index contributed by atoms with van der Waals surface area (Å²) in [6.07, 6.45) is 0.850. The van der Waals surface area contributed by atoms with E-state index in [1.54, 1.807) is 0 Å². The Bertz CT molecular complexity index is 473. The van der Waals surface area contributed by atoms with Crippen LogP contribution < -0.4 is 20.5 Å². The maximum atomic E-state index is 12.0. The average molecular weight is 294 g/mol. The Morgan fingerprint density at radius 1 is 1.29 bits per heavy atom. The van der Waals surface area contributed by atoms with Gasteiger partial charge < -0.3 is 20.5 Å². The summed E-state index contributed by atoms with van der Waals surface area (Å²) < 4.78 is 11.2. The molecule has 5 nitrogen and oxygen atoms in total. The van der Waals surface area contributed by atoms with Gasteiger partial charge in [-0.25, -0.2) is 0 Å². The third-order valence-corrected chi connectivity index (χ3v) is 3.29. The monoisotopic (exact) mass is 294 g/mol. The number of ether oxygens (including phenoxy) is 2. The molecule has 0 saturated carbocycles. The summed E-state index contributed by atoms with van der Waals surface area (Å²) in [6, 6.07) is 5.54. The van der Waals surface area contributed by atoms with Crippen molar-refractivity contribution < 1.29 is 14.3 Å². The fraction of sp³-hybridized carbons (Fsp3) is 0.562. The molecule has 0 bridgehead atoms. The number of nitrogens with two attached hydrogens (primary N) is 1. The van der Waals surface area contributed by atoms with Crippen LogP contribution in [0.2, 0.25) is 0 Å². The topological polar surface area (TPSA) is 73.6 Å². The zero-order chi connectivity index (χ0) is 15.9. The average Bonchev–Trinajstić information content (AvgIpc) is 2.45. The van der Waals surface area contributed by atoms with Crippen molar-refractivity contribution >= 4 is 5.91 Å². The molecule has 1 aromatic carbocycles. The molecule has 0 spiro atoms. The summed E-state index contributed by atoms with van der Waals surface area (Å²) in [5.41, 5.74) is 6.29. The zero-order valence-corrected chi connectivity index (χ0v) is 13.4. The molecule has 1 rings (SSSR count). The molecule has 118 valence electrons. The first kappa shape index (κ1) is 17.3. The molecular formula is C16H26N2O3. The van der Waals surface area contributed by atoms with Gasteiger partial charge in [0, 0.05) is 17.6 Å². The van der Waals surface area contributed by atoms with E-state index in [-0.39, 0.29) is 18.1 Å². The Morgan fingerprint density at radius 3 is 2.57 bits per heavy atom. The summed E-state index contributed by atoms with van der Waals surface area (Å²) in [4.78, 5) is 12.0. The number of carbonyl (C=O) groups is 1. The van der Waals surface area contributed by atoms with Gasteiger partial charge in [0.25, 0.3) is 5.91 Å². The minimum absolute atomic E-state index is 0.0550. The molecule has 0 unspecified atom stereocenters. The molecule has 0 heterocycles. The molecule has 0 aliphatic heterocycles. The molecular weight excluding hydrogens is 268 g/mol. The predicted molar refractivity (Wildman–Crippen MR) is 83.5 cm³/mol. The maximum Gasteiger partial charge on any atom is 0.258 e. The smallest absolute Gasteiger partial charge is 0.258 e. The van der Waals surface area contributed by atoms with Gasteiger partial charge in [-0.05, 0) is 33.3 Å². The zero-order valence-electron chi connectivity index (χ0n) is 13.4. The highest BCUT2D eigenvalue weighted by molar-refractivity contribution is 5.78. The second-order valence-electron chi connectivity index (χ2n) is 5.46. The Morgan fingerprint density at radius 2 is 2.00 bits per heavy atom. The maximum absolute atomic E-state index is 12.0. The SMILES string of the molecule is CCOc1cccc(CN)c1OCC(=O)NC(C)(C)CC. The molecule has 0 radical (unpaired) electrons. The van der Waals surface area contributed by atoms with Crippen molar-refractivity contribution in [2.75, 3.05) is 13.2 Å². The van der Waals surface area contributed by atoms with Crippen LogP contribution in [-0.4, -0.2) is 24.7 Å². The lowest BCUT2D eigenvalue weighted by atomic mass is 10.0. The number of para-hydroxylation sites is 1. The molecule has 0 atom stereocenters. The van der Waals surface area contributed by atoms with Gasteiger partial charge >= 0.3 is 0 Å². The minimum Gasteiger partial charge on any atom is -0.490 e. The van der Waals surface area contributed by atoms with Crippen molar-refractivity contribution in [1.29, 1.82) is 0 Å². The van der Waals surface area contributed by atoms with E-state index in [1.807, 2.05) is 45.9 Å². The normalized spacial score (nSPS) is 11.1. The van der Waals surface area contributed by atoms with Gasteiger partial charge in [0.1, 0.15) is 0 Å². The largest absolute Gasteiger partial charge is 0.490 e. The molecule has 0 aliphatic carbocycles. The van der Waals surface area contributed by atoms with E-state index in [4.69, 9.17) is 15.2 Å².